The number of aryl methyl sites for hydroxylation is 1. The van der Waals surface area contributed by atoms with Gasteiger partial charge in [-0.2, -0.15) is 0 Å². The number of aromatic nitrogens is 1. The van der Waals surface area contributed by atoms with Gasteiger partial charge in [-0.25, -0.2) is 0 Å². The van der Waals surface area contributed by atoms with Crippen molar-refractivity contribution in [3.8, 4) is 0 Å². The lowest BCUT2D eigenvalue weighted by atomic mass is 9.76. The number of amides is 1. The van der Waals surface area contributed by atoms with Crippen LogP contribution in [0, 0.1) is 23.4 Å². The fourth-order valence-electron chi connectivity index (χ4n) is 4.51. The number of benzene rings is 1. The van der Waals surface area contributed by atoms with Crippen molar-refractivity contribution in [1.29, 1.82) is 0 Å². The van der Waals surface area contributed by atoms with Gasteiger partial charge in [0.05, 0.1) is 5.56 Å². The minimum absolute atomic E-state index is 0.0127. The highest BCUT2D eigenvalue weighted by molar-refractivity contribution is 7.71. The van der Waals surface area contributed by atoms with Crippen LogP contribution >= 0.6 is 12.2 Å². The number of hydrogen-bond donors (Lipinski definition) is 2. The van der Waals surface area contributed by atoms with E-state index in [1.165, 1.54) is 31.2 Å². The molecule has 0 aliphatic heterocycles. The number of hydrogen-bond acceptors (Lipinski definition) is 3. The van der Waals surface area contributed by atoms with Gasteiger partial charge in [0.1, 0.15) is 4.64 Å². The molecule has 0 bridgehead atoms. The Morgan fingerprint density at radius 3 is 2.43 bits per heavy atom. The highest BCUT2D eigenvalue weighted by atomic mass is 32.1. The first-order chi connectivity index (χ1) is 13.5. The van der Waals surface area contributed by atoms with Gasteiger partial charge in [0.15, 0.2) is 0 Å². The summed E-state index contributed by atoms with van der Waals surface area (Å²) >= 11 is 5.11. The van der Waals surface area contributed by atoms with Crippen LogP contribution in [-0.2, 0) is 0 Å². The Labute approximate surface area is 173 Å². The molecule has 0 radical (unpaired) electrons. The van der Waals surface area contributed by atoms with Gasteiger partial charge in [0.2, 0.25) is 0 Å². The van der Waals surface area contributed by atoms with Crippen molar-refractivity contribution in [2.75, 3.05) is 20.6 Å². The van der Waals surface area contributed by atoms with E-state index in [9.17, 15) is 4.79 Å². The standard InChI is InChI=1S/C23H31N3OS/c1-16-20(13-14-21(28)25-16)23(27)24-15-17-9-11-19(12-10-17)22(26(2)3)18-7-5-4-6-8-18/h4-8,13-14,17,19,22H,9-12,15H2,1-3H3,(H,24,27)(H,25,28). The largest absolute Gasteiger partial charge is 0.352 e. The van der Waals surface area contributed by atoms with Crippen molar-refractivity contribution in [2.45, 2.75) is 38.6 Å². The van der Waals surface area contributed by atoms with E-state index < -0.39 is 0 Å². The maximum atomic E-state index is 12.5. The molecule has 1 heterocycles. The van der Waals surface area contributed by atoms with E-state index >= 15 is 0 Å². The molecular formula is C23H31N3OS. The second-order valence-corrected chi connectivity index (χ2v) is 8.61. The van der Waals surface area contributed by atoms with Gasteiger partial charge in [0, 0.05) is 18.3 Å². The number of nitrogens with one attached hydrogen (secondary N) is 2. The van der Waals surface area contributed by atoms with Crippen LogP contribution < -0.4 is 5.32 Å². The third-order valence-corrected chi connectivity index (χ3v) is 6.19. The first-order valence-corrected chi connectivity index (χ1v) is 10.6. The van der Waals surface area contributed by atoms with Gasteiger partial charge in [-0.1, -0.05) is 42.5 Å². The molecule has 5 heteroatoms. The van der Waals surface area contributed by atoms with E-state index in [0.29, 0.717) is 28.1 Å². The normalized spacial score (nSPS) is 20.7. The monoisotopic (exact) mass is 397 g/mol. The van der Waals surface area contributed by atoms with Gasteiger partial charge in [-0.3, -0.25) is 4.79 Å². The number of H-pyrrole nitrogens is 1. The smallest absolute Gasteiger partial charge is 0.253 e. The first kappa shape index (κ1) is 20.7. The molecule has 1 fully saturated rings. The number of nitrogens with zero attached hydrogens (tertiary/aromatic N) is 1. The summed E-state index contributed by atoms with van der Waals surface area (Å²) in [6.07, 6.45) is 4.74. The van der Waals surface area contributed by atoms with E-state index in [1.54, 1.807) is 6.07 Å². The molecule has 28 heavy (non-hydrogen) atoms. The Hall–Kier alpha value is -1.98. The van der Waals surface area contributed by atoms with Crippen molar-refractivity contribution < 1.29 is 4.79 Å². The molecular weight excluding hydrogens is 366 g/mol. The van der Waals surface area contributed by atoms with Crippen molar-refractivity contribution >= 4 is 18.1 Å². The van der Waals surface area contributed by atoms with Crippen LogP contribution in [0.15, 0.2) is 42.5 Å². The van der Waals surface area contributed by atoms with Crippen LogP contribution in [0.3, 0.4) is 0 Å². The number of carbonyl (C=O) groups excluding carboxylic acids is 1. The van der Waals surface area contributed by atoms with E-state index in [0.717, 1.165) is 12.2 Å². The second-order valence-electron chi connectivity index (χ2n) is 8.17. The molecule has 1 unspecified atom stereocenters. The second kappa shape index (κ2) is 9.48. The van der Waals surface area contributed by atoms with Crippen LogP contribution in [-0.4, -0.2) is 36.4 Å². The van der Waals surface area contributed by atoms with Crippen LogP contribution in [0.2, 0.25) is 0 Å². The fraction of sp³-hybridized carbons (Fsp3) is 0.478. The fourth-order valence-corrected chi connectivity index (χ4v) is 4.73. The molecule has 1 aromatic heterocycles. The molecule has 1 saturated carbocycles. The minimum Gasteiger partial charge on any atom is -0.352 e. The zero-order valence-corrected chi connectivity index (χ0v) is 17.9. The molecule has 150 valence electrons. The predicted octanol–water partition coefficient (Wildman–Crippen LogP) is 4.89. The minimum atomic E-state index is -0.0127. The van der Waals surface area contributed by atoms with Gasteiger partial charge in [0.25, 0.3) is 5.91 Å². The van der Waals surface area contributed by atoms with Crippen LogP contribution in [0.25, 0.3) is 0 Å². The van der Waals surface area contributed by atoms with Crippen molar-refractivity contribution in [1.82, 2.24) is 15.2 Å². The maximum Gasteiger partial charge on any atom is 0.253 e. The molecule has 1 aliphatic carbocycles. The van der Waals surface area contributed by atoms with Crippen molar-refractivity contribution in [3.05, 3.63) is 63.9 Å². The lowest BCUT2D eigenvalue weighted by molar-refractivity contribution is 0.0933. The van der Waals surface area contributed by atoms with Gasteiger partial charge >= 0.3 is 0 Å². The topological polar surface area (TPSA) is 48.1 Å². The summed E-state index contributed by atoms with van der Waals surface area (Å²) in [5, 5.41) is 3.12. The maximum absolute atomic E-state index is 12.5. The SMILES string of the molecule is Cc1[nH]c(=S)ccc1C(=O)NCC1CCC(C(c2ccccc2)N(C)C)CC1. The Kier molecular flexibility index (Phi) is 7.03. The van der Waals surface area contributed by atoms with Crippen LogP contribution in [0.1, 0.15) is 53.3 Å². The Balaban J connectivity index is 1.53. The number of aromatic amines is 1. The van der Waals surface area contributed by atoms with Gasteiger partial charge in [-0.05, 0) is 76.2 Å². The zero-order valence-electron chi connectivity index (χ0n) is 17.1. The zero-order chi connectivity index (χ0) is 20.1. The Morgan fingerprint density at radius 2 is 1.82 bits per heavy atom. The van der Waals surface area contributed by atoms with E-state index in [2.05, 4.69) is 59.6 Å². The predicted molar refractivity (Wildman–Crippen MR) is 117 cm³/mol. The summed E-state index contributed by atoms with van der Waals surface area (Å²) in [6, 6.07) is 14.9. The Morgan fingerprint density at radius 1 is 1.14 bits per heavy atom. The molecule has 1 aliphatic rings. The lowest BCUT2D eigenvalue weighted by Gasteiger charge is -2.37. The van der Waals surface area contributed by atoms with Crippen molar-refractivity contribution in [3.63, 3.8) is 0 Å². The van der Waals surface area contributed by atoms with Crippen molar-refractivity contribution in [2.24, 2.45) is 11.8 Å². The molecule has 3 rings (SSSR count). The third-order valence-electron chi connectivity index (χ3n) is 5.95. The average Bonchev–Trinajstić information content (AvgIpc) is 2.68. The molecule has 2 N–H and O–H groups in total. The highest BCUT2D eigenvalue weighted by Gasteiger charge is 2.30. The molecule has 2 aromatic rings. The highest BCUT2D eigenvalue weighted by Crippen LogP contribution is 2.39. The van der Waals surface area contributed by atoms with E-state index in [1.807, 2.05) is 13.0 Å². The first-order valence-electron chi connectivity index (χ1n) is 10.1. The quantitative estimate of drug-likeness (QED) is 0.682. The Bertz CT molecular complexity index is 838. The number of rotatable bonds is 6. The summed E-state index contributed by atoms with van der Waals surface area (Å²) < 4.78 is 0.654. The summed E-state index contributed by atoms with van der Waals surface area (Å²) in [4.78, 5) is 17.9. The third kappa shape index (κ3) is 5.09. The number of carbonyl (C=O) groups is 1. The van der Waals surface area contributed by atoms with Crippen LogP contribution in [0.4, 0.5) is 0 Å². The molecule has 0 saturated heterocycles. The summed E-state index contributed by atoms with van der Waals surface area (Å²) in [5.74, 6) is 1.21. The molecule has 1 aromatic carbocycles. The number of pyridine rings is 1. The molecule has 1 atom stereocenters. The summed E-state index contributed by atoms with van der Waals surface area (Å²) in [7, 11) is 4.36. The molecule has 0 spiro atoms. The van der Waals surface area contributed by atoms with E-state index in [-0.39, 0.29) is 5.91 Å². The lowest BCUT2D eigenvalue weighted by Crippen LogP contribution is -2.34. The average molecular weight is 398 g/mol. The van der Waals surface area contributed by atoms with Crippen LogP contribution in [0.5, 0.6) is 0 Å². The van der Waals surface area contributed by atoms with Gasteiger partial charge in [-0.15, -0.1) is 0 Å². The molecule has 4 nitrogen and oxygen atoms in total. The summed E-state index contributed by atoms with van der Waals surface area (Å²) in [5.41, 5.74) is 2.91. The summed E-state index contributed by atoms with van der Waals surface area (Å²) in [6.45, 7) is 2.64. The van der Waals surface area contributed by atoms with Gasteiger partial charge < -0.3 is 15.2 Å². The molecule has 1 amide bonds. The van der Waals surface area contributed by atoms with E-state index in [4.69, 9.17) is 12.2 Å².